The highest BCUT2D eigenvalue weighted by Crippen LogP contribution is 2.26. The first-order chi connectivity index (χ1) is 9.90. The first-order valence-electron chi connectivity index (χ1n) is 6.45. The Bertz CT molecular complexity index is 704. The maximum absolute atomic E-state index is 12.2. The minimum absolute atomic E-state index is 0.190. The van der Waals surface area contributed by atoms with Crippen molar-refractivity contribution in [2.24, 2.45) is 5.92 Å². The fourth-order valence-corrected chi connectivity index (χ4v) is 3.17. The molecule has 1 aromatic carbocycles. The minimum atomic E-state index is -0.190. The summed E-state index contributed by atoms with van der Waals surface area (Å²) in [5.41, 5.74) is 6.89. The smallest absolute Gasteiger partial charge is 0.265 e. The summed E-state index contributed by atoms with van der Waals surface area (Å²) in [6.07, 6.45) is 0. The molecule has 0 fully saturated rings. The van der Waals surface area contributed by atoms with E-state index in [0.29, 0.717) is 32.1 Å². The zero-order valence-electron chi connectivity index (χ0n) is 11.7. The van der Waals surface area contributed by atoms with E-state index in [1.54, 1.807) is 16.7 Å². The maximum Gasteiger partial charge on any atom is 0.265 e. The number of carbonyl (C=O) groups excluding carboxylic acids is 1. The first kappa shape index (κ1) is 16.0. The number of halogens is 1. The van der Waals surface area contributed by atoms with Crippen molar-refractivity contribution in [3.05, 3.63) is 38.1 Å². The molecule has 7 heteroatoms. The quantitative estimate of drug-likeness (QED) is 0.829. The molecule has 0 aliphatic carbocycles. The molecule has 0 aliphatic heterocycles. The van der Waals surface area contributed by atoms with Gasteiger partial charge < -0.3 is 11.1 Å². The van der Waals surface area contributed by atoms with E-state index in [-0.39, 0.29) is 5.91 Å². The lowest BCUT2D eigenvalue weighted by Gasteiger charge is -2.08. The van der Waals surface area contributed by atoms with Crippen molar-refractivity contribution in [1.82, 2.24) is 9.88 Å². The maximum atomic E-state index is 12.2. The van der Waals surface area contributed by atoms with Gasteiger partial charge in [0.1, 0.15) is 10.7 Å². The first-order valence-corrected chi connectivity index (χ1v) is 8.06. The molecule has 21 heavy (non-hydrogen) atoms. The molecule has 0 unspecified atom stereocenters. The van der Waals surface area contributed by atoms with Gasteiger partial charge in [-0.3, -0.25) is 9.36 Å². The highest BCUT2D eigenvalue weighted by Gasteiger charge is 2.18. The largest absolute Gasteiger partial charge is 0.383 e. The van der Waals surface area contributed by atoms with Gasteiger partial charge in [0.2, 0.25) is 0 Å². The lowest BCUT2D eigenvalue weighted by Crippen LogP contribution is -2.27. The van der Waals surface area contributed by atoms with E-state index in [1.165, 1.54) is 11.3 Å². The van der Waals surface area contributed by atoms with Crippen LogP contribution in [0.25, 0.3) is 5.69 Å². The van der Waals surface area contributed by atoms with E-state index in [9.17, 15) is 4.79 Å². The fourth-order valence-electron chi connectivity index (χ4n) is 1.76. The van der Waals surface area contributed by atoms with E-state index in [2.05, 4.69) is 5.32 Å². The lowest BCUT2D eigenvalue weighted by molar-refractivity contribution is 0.0953. The third kappa shape index (κ3) is 3.64. The lowest BCUT2D eigenvalue weighted by atomic mass is 10.2. The molecule has 0 spiro atoms. The van der Waals surface area contributed by atoms with Crippen LogP contribution in [0.3, 0.4) is 0 Å². The molecule has 0 radical (unpaired) electrons. The van der Waals surface area contributed by atoms with Gasteiger partial charge in [-0.1, -0.05) is 36.8 Å². The second-order valence-electron chi connectivity index (χ2n) is 5.00. The van der Waals surface area contributed by atoms with Gasteiger partial charge in [0.25, 0.3) is 5.91 Å². The number of thiazole rings is 1. The highest BCUT2D eigenvalue weighted by molar-refractivity contribution is 7.73. The van der Waals surface area contributed by atoms with Gasteiger partial charge in [0, 0.05) is 17.3 Å². The summed E-state index contributed by atoms with van der Waals surface area (Å²) in [5, 5.41) is 3.48. The highest BCUT2D eigenvalue weighted by atomic mass is 35.5. The molecule has 112 valence electrons. The molecule has 2 rings (SSSR count). The normalized spacial score (nSPS) is 10.9. The molecule has 1 aromatic heterocycles. The summed E-state index contributed by atoms with van der Waals surface area (Å²) in [5.74, 6) is 0.542. The van der Waals surface area contributed by atoms with Crippen molar-refractivity contribution in [3.8, 4) is 5.69 Å². The Morgan fingerprint density at radius 1 is 1.43 bits per heavy atom. The average molecular weight is 342 g/mol. The Hall–Kier alpha value is -1.37. The van der Waals surface area contributed by atoms with Crippen molar-refractivity contribution >= 4 is 46.9 Å². The molecule has 0 saturated carbocycles. The van der Waals surface area contributed by atoms with Gasteiger partial charge >= 0.3 is 0 Å². The number of hydrogen-bond donors (Lipinski definition) is 2. The number of hydrogen-bond acceptors (Lipinski definition) is 4. The molecule has 4 nitrogen and oxygen atoms in total. The van der Waals surface area contributed by atoms with E-state index in [0.717, 1.165) is 5.69 Å². The number of aromatic nitrogens is 1. The fraction of sp³-hybridized carbons (Fsp3) is 0.286. The number of anilines is 1. The minimum Gasteiger partial charge on any atom is -0.383 e. The second-order valence-corrected chi connectivity index (χ2v) is 7.08. The number of nitrogens with zero attached hydrogens (tertiary/aromatic N) is 1. The summed E-state index contributed by atoms with van der Waals surface area (Å²) in [4.78, 5) is 12.6. The van der Waals surface area contributed by atoms with Crippen LogP contribution in [0.4, 0.5) is 5.82 Å². The Morgan fingerprint density at radius 3 is 2.62 bits per heavy atom. The van der Waals surface area contributed by atoms with E-state index < -0.39 is 0 Å². The summed E-state index contributed by atoms with van der Waals surface area (Å²) in [6.45, 7) is 4.67. The van der Waals surface area contributed by atoms with Gasteiger partial charge in [-0.05, 0) is 42.4 Å². The van der Waals surface area contributed by atoms with Crippen LogP contribution in [0.5, 0.6) is 0 Å². The topological polar surface area (TPSA) is 60.0 Å². The number of nitrogen functional groups attached to an aromatic ring is 1. The van der Waals surface area contributed by atoms with E-state index >= 15 is 0 Å². The summed E-state index contributed by atoms with van der Waals surface area (Å²) < 4.78 is 2.21. The van der Waals surface area contributed by atoms with Crippen molar-refractivity contribution in [1.29, 1.82) is 0 Å². The molecule has 1 heterocycles. The Balaban J connectivity index is 2.36. The average Bonchev–Trinajstić information content (AvgIpc) is 2.73. The number of nitrogens with one attached hydrogen (secondary N) is 1. The van der Waals surface area contributed by atoms with Crippen LogP contribution in [-0.2, 0) is 0 Å². The SMILES string of the molecule is CC(C)CNC(=O)c1sc(=S)n(-c2ccc(Cl)cc2)c1N. The zero-order valence-corrected chi connectivity index (χ0v) is 14.1. The predicted octanol–water partition coefficient (Wildman–Crippen LogP) is 3.89. The van der Waals surface area contributed by atoms with Crippen LogP contribution >= 0.6 is 35.2 Å². The van der Waals surface area contributed by atoms with Crippen LogP contribution in [0.1, 0.15) is 23.5 Å². The Morgan fingerprint density at radius 2 is 2.05 bits per heavy atom. The van der Waals surface area contributed by atoms with Crippen LogP contribution in [-0.4, -0.2) is 17.0 Å². The van der Waals surface area contributed by atoms with Gasteiger partial charge in [-0.25, -0.2) is 0 Å². The molecule has 0 bridgehead atoms. The number of rotatable bonds is 4. The molecular weight excluding hydrogens is 326 g/mol. The second kappa shape index (κ2) is 6.60. The molecule has 3 N–H and O–H groups in total. The zero-order chi connectivity index (χ0) is 15.6. The van der Waals surface area contributed by atoms with E-state index in [1.807, 2.05) is 26.0 Å². The van der Waals surface area contributed by atoms with Crippen molar-refractivity contribution in [2.45, 2.75) is 13.8 Å². The van der Waals surface area contributed by atoms with E-state index in [4.69, 9.17) is 29.6 Å². The van der Waals surface area contributed by atoms with Gasteiger partial charge in [-0.2, -0.15) is 0 Å². The molecular formula is C14H16ClN3OS2. The summed E-state index contributed by atoms with van der Waals surface area (Å²) in [7, 11) is 0. The van der Waals surface area contributed by atoms with Crippen molar-refractivity contribution in [2.75, 3.05) is 12.3 Å². The third-order valence-electron chi connectivity index (χ3n) is 2.81. The van der Waals surface area contributed by atoms with Gasteiger partial charge in [0.05, 0.1) is 0 Å². The summed E-state index contributed by atoms with van der Waals surface area (Å²) in [6, 6.07) is 7.15. The van der Waals surface area contributed by atoms with Crippen LogP contribution in [0.15, 0.2) is 24.3 Å². The van der Waals surface area contributed by atoms with Gasteiger partial charge in [0.15, 0.2) is 3.95 Å². The van der Waals surface area contributed by atoms with Gasteiger partial charge in [-0.15, -0.1) is 0 Å². The monoisotopic (exact) mass is 341 g/mol. The van der Waals surface area contributed by atoms with Crippen LogP contribution in [0.2, 0.25) is 5.02 Å². The van der Waals surface area contributed by atoms with Crippen molar-refractivity contribution in [3.63, 3.8) is 0 Å². The van der Waals surface area contributed by atoms with Crippen LogP contribution in [0, 0.1) is 9.87 Å². The molecule has 1 amide bonds. The number of benzene rings is 1. The Labute approximate surface area is 137 Å². The number of nitrogens with two attached hydrogens (primary N) is 1. The molecule has 2 aromatic rings. The number of carbonyl (C=O) groups is 1. The third-order valence-corrected chi connectivity index (χ3v) is 4.45. The van der Waals surface area contributed by atoms with Crippen LogP contribution < -0.4 is 11.1 Å². The molecule has 0 aliphatic rings. The summed E-state index contributed by atoms with van der Waals surface area (Å²) >= 11 is 12.4. The molecule has 0 atom stereocenters. The number of amides is 1. The Kier molecular flexibility index (Phi) is 5.03. The standard InChI is InChI=1S/C14H16ClN3OS2/c1-8(2)7-17-13(19)11-12(16)18(14(20)21-11)10-5-3-9(15)4-6-10/h3-6,8H,7,16H2,1-2H3,(H,17,19). The van der Waals surface area contributed by atoms with Crippen molar-refractivity contribution < 1.29 is 4.79 Å². The molecule has 0 saturated heterocycles. The predicted molar refractivity (Wildman–Crippen MR) is 91.1 cm³/mol.